The summed E-state index contributed by atoms with van der Waals surface area (Å²) in [6.07, 6.45) is 1.40. The molecule has 2 aromatic heterocycles. The van der Waals surface area contributed by atoms with Gasteiger partial charge in [0.25, 0.3) is 5.56 Å². The summed E-state index contributed by atoms with van der Waals surface area (Å²) in [5.41, 5.74) is 1.91. The molecule has 5 nitrogen and oxygen atoms in total. The number of aryl methyl sites for hydroxylation is 2. The zero-order valence-electron chi connectivity index (χ0n) is 7.53. The van der Waals surface area contributed by atoms with Crippen molar-refractivity contribution in [2.45, 2.75) is 20.4 Å². The number of aromatic amines is 1. The van der Waals surface area contributed by atoms with Crippen molar-refractivity contribution in [2.75, 3.05) is 0 Å². The van der Waals surface area contributed by atoms with Crippen LogP contribution in [0.1, 0.15) is 12.6 Å². The molecule has 5 heteroatoms. The largest absolute Gasteiger partial charge is 0.311 e. The molecule has 0 amide bonds. The Bertz CT molecular complexity index is 496. The second kappa shape index (κ2) is 2.69. The zero-order valence-corrected chi connectivity index (χ0v) is 7.53. The molecule has 0 saturated carbocycles. The van der Waals surface area contributed by atoms with Gasteiger partial charge in [0.1, 0.15) is 5.52 Å². The van der Waals surface area contributed by atoms with Gasteiger partial charge in [-0.25, -0.2) is 4.98 Å². The number of H-pyrrole nitrogens is 1. The van der Waals surface area contributed by atoms with Crippen LogP contribution in [0.2, 0.25) is 0 Å². The van der Waals surface area contributed by atoms with E-state index in [4.69, 9.17) is 0 Å². The Hall–Kier alpha value is -1.65. The molecule has 0 aliphatic rings. The van der Waals surface area contributed by atoms with Gasteiger partial charge >= 0.3 is 0 Å². The quantitative estimate of drug-likeness (QED) is 0.689. The van der Waals surface area contributed by atoms with Crippen LogP contribution < -0.4 is 5.56 Å². The van der Waals surface area contributed by atoms with Crippen molar-refractivity contribution >= 4 is 11.0 Å². The van der Waals surface area contributed by atoms with E-state index in [1.807, 2.05) is 13.8 Å². The average Bonchev–Trinajstić information content (AvgIpc) is 2.45. The van der Waals surface area contributed by atoms with Crippen LogP contribution in [0.3, 0.4) is 0 Å². The van der Waals surface area contributed by atoms with Crippen LogP contribution in [0.5, 0.6) is 0 Å². The minimum absolute atomic E-state index is 0.132. The first-order valence-electron chi connectivity index (χ1n) is 4.15. The molecule has 0 aromatic carbocycles. The van der Waals surface area contributed by atoms with Gasteiger partial charge in [-0.3, -0.25) is 9.48 Å². The second-order valence-corrected chi connectivity index (χ2v) is 2.83. The summed E-state index contributed by atoms with van der Waals surface area (Å²) < 4.78 is 1.66. The van der Waals surface area contributed by atoms with E-state index >= 15 is 0 Å². The van der Waals surface area contributed by atoms with Gasteiger partial charge in [0.05, 0.1) is 12.0 Å². The minimum Gasteiger partial charge on any atom is -0.311 e. The zero-order chi connectivity index (χ0) is 9.42. The lowest BCUT2D eigenvalue weighted by Crippen LogP contribution is -2.11. The van der Waals surface area contributed by atoms with E-state index in [-0.39, 0.29) is 5.56 Å². The SMILES string of the molecule is CCn1nc(C)c2nc[nH]c(=O)c21. The standard InChI is InChI=1S/C8H10N4O/c1-3-12-7-6(5(2)11-12)9-4-10-8(7)13/h4H,3H2,1-2H3,(H,9,10,13). The van der Waals surface area contributed by atoms with E-state index in [1.165, 1.54) is 6.33 Å². The van der Waals surface area contributed by atoms with Crippen LogP contribution in [0.4, 0.5) is 0 Å². The van der Waals surface area contributed by atoms with Gasteiger partial charge in [-0.2, -0.15) is 5.10 Å². The monoisotopic (exact) mass is 178 g/mol. The fourth-order valence-electron chi connectivity index (χ4n) is 1.40. The number of aromatic nitrogens is 4. The number of hydrogen-bond donors (Lipinski definition) is 1. The first-order valence-corrected chi connectivity index (χ1v) is 4.15. The maximum atomic E-state index is 11.4. The summed E-state index contributed by atoms with van der Waals surface area (Å²) in [4.78, 5) is 18.0. The Kier molecular flexibility index (Phi) is 1.65. The van der Waals surface area contributed by atoms with Gasteiger partial charge in [0, 0.05) is 6.54 Å². The summed E-state index contributed by atoms with van der Waals surface area (Å²) in [5, 5.41) is 4.20. The third kappa shape index (κ3) is 1.04. The first-order chi connectivity index (χ1) is 6.24. The van der Waals surface area contributed by atoms with E-state index in [0.29, 0.717) is 17.6 Å². The summed E-state index contributed by atoms with van der Waals surface area (Å²) >= 11 is 0. The van der Waals surface area contributed by atoms with Crippen molar-refractivity contribution < 1.29 is 0 Å². The highest BCUT2D eigenvalue weighted by Crippen LogP contribution is 2.09. The van der Waals surface area contributed by atoms with E-state index in [0.717, 1.165) is 5.69 Å². The third-order valence-corrected chi connectivity index (χ3v) is 2.00. The van der Waals surface area contributed by atoms with Crippen molar-refractivity contribution in [1.29, 1.82) is 0 Å². The van der Waals surface area contributed by atoms with Gasteiger partial charge in [-0.15, -0.1) is 0 Å². The van der Waals surface area contributed by atoms with Gasteiger partial charge in [0.15, 0.2) is 5.52 Å². The number of hydrogen-bond acceptors (Lipinski definition) is 3. The average molecular weight is 178 g/mol. The highest BCUT2D eigenvalue weighted by molar-refractivity contribution is 5.75. The first kappa shape index (κ1) is 7.97. The molecule has 0 spiro atoms. The van der Waals surface area contributed by atoms with Crippen molar-refractivity contribution in [3.8, 4) is 0 Å². The molecule has 2 heterocycles. The molecule has 2 aromatic rings. The fraction of sp³-hybridized carbons (Fsp3) is 0.375. The van der Waals surface area contributed by atoms with Crippen molar-refractivity contribution in [3.63, 3.8) is 0 Å². The van der Waals surface area contributed by atoms with Crippen LogP contribution in [0, 0.1) is 6.92 Å². The van der Waals surface area contributed by atoms with Crippen molar-refractivity contribution in [3.05, 3.63) is 22.4 Å². The molecule has 0 aliphatic carbocycles. The van der Waals surface area contributed by atoms with Gasteiger partial charge < -0.3 is 4.98 Å². The predicted octanol–water partition coefficient (Wildman–Crippen LogP) is 0.448. The third-order valence-electron chi connectivity index (χ3n) is 2.00. The molecular weight excluding hydrogens is 168 g/mol. The Morgan fingerprint density at radius 2 is 2.38 bits per heavy atom. The maximum absolute atomic E-state index is 11.4. The molecule has 0 bridgehead atoms. The van der Waals surface area contributed by atoms with Gasteiger partial charge in [-0.05, 0) is 13.8 Å². The lowest BCUT2D eigenvalue weighted by atomic mass is 10.4. The molecule has 0 fully saturated rings. The highest BCUT2D eigenvalue weighted by atomic mass is 16.1. The number of nitrogens with zero attached hydrogens (tertiary/aromatic N) is 3. The van der Waals surface area contributed by atoms with Crippen LogP contribution >= 0.6 is 0 Å². The van der Waals surface area contributed by atoms with Crippen LogP contribution in [-0.2, 0) is 6.54 Å². The molecule has 0 atom stereocenters. The second-order valence-electron chi connectivity index (χ2n) is 2.83. The predicted molar refractivity (Wildman–Crippen MR) is 48.6 cm³/mol. The van der Waals surface area contributed by atoms with Gasteiger partial charge in [0.2, 0.25) is 0 Å². The Morgan fingerprint density at radius 1 is 1.62 bits per heavy atom. The minimum atomic E-state index is -0.132. The fourth-order valence-corrected chi connectivity index (χ4v) is 1.40. The van der Waals surface area contributed by atoms with Gasteiger partial charge in [-0.1, -0.05) is 0 Å². The topological polar surface area (TPSA) is 63.6 Å². The maximum Gasteiger partial charge on any atom is 0.276 e. The van der Waals surface area contributed by atoms with E-state index in [9.17, 15) is 4.79 Å². The number of rotatable bonds is 1. The smallest absolute Gasteiger partial charge is 0.276 e. The molecule has 0 saturated heterocycles. The van der Waals surface area contributed by atoms with Crippen LogP contribution in [-0.4, -0.2) is 19.7 Å². The Balaban J connectivity index is 2.97. The van der Waals surface area contributed by atoms with Crippen molar-refractivity contribution in [2.24, 2.45) is 0 Å². The van der Waals surface area contributed by atoms with Crippen LogP contribution in [0.25, 0.3) is 11.0 Å². The van der Waals surface area contributed by atoms with E-state index in [2.05, 4.69) is 15.1 Å². The molecule has 68 valence electrons. The molecule has 2 rings (SSSR count). The lowest BCUT2D eigenvalue weighted by molar-refractivity contribution is 0.673. The van der Waals surface area contributed by atoms with E-state index < -0.39 is 0 Å². The molecule has 0 unspecified atom stereocenters. The summed E-state index contributed by atoms with van der Waals surface area (Å²) in [6, 6.07) is 0. The van der Waals surface area contributed by atoms with E-state index in [1.54, 1.807) is 4.68 Å². The molecule has 0 aliphatic heterocycles. The summed E-state index contributed by atoms with van der Waals surface area (Å²) in [5.74, 6) is 0. The summed E-state index contributed by atoms with van der Waals surface area (Å²) in [6.45, 7) is 4.47. The lowest BCUT2D eigenvalue weighted by Gasteiger charge is -1.94. The Morgan fingerprint density at radius 3 is 3.08 bits per heavy atom. The van der Waals surface area contributed by atoms with Crippen LogP contribution in [0.15, 0.2) is 11.1 Å². The molecule has 1 N–H and O–H groups in total. The Labute approximate surface area is 74.4 Å². The molecular formula is C8H10N4O. The summed E-state index contributed by atoms with van der Waals surface area (Å²) in [7, 11) is 0. The number of fused-ring (bicyclic) bond motifs is 1. The number of nitrogens with one attached hydrogen (secondary N) is 1. The normalized spacial score (nSPS) is 10.9. The highest BCUT2D eigenvalue weighted by Gasteiger charge is 2.09. The van der Waals surface area contributed by atoms with Crippen molar-refractivity contribution in [1.82, 2.24) is 19.7 Å². The molecule has 0 radical (unpaired) electrons. The molecule has 13 heavy (non-hydrogen) atoms.